The van der Waals surface area contributed by atoms with Crippen molar-refractivity contribution in [2.45, 2.75) is 30.6 Å². The molecule has 164 valence electrons. The van der Waals surface area contributed by atoms with Gasteiger partial charge in [0.25, 0.3) is 5.91 Å². The lowest BCUT2D eigenvalue weighted by Crippen LogP contribution is -2.35. The Morgan fingerprint density at radius 1 is 1.00 bits per heavy atom. The Morgan fingerprint density at radius 3 is 2.52 bits per heavy atom. The zero-order valence-corrected chi connectivity index (χ0v) is 17.9. The maximum absolute atomic E-state index is 12.9. The van der Waals surface area contributed by atoms with E-state index in [4.69, 9.17) is 10.5 Å². The van der Waals surface area contributed by atoms with Gasteiger partial charge in [-0.25, -0.2) is 8.42 Å². The number of anilines is 1. The molecule has 0 bridgehead atoms. The molecule has 0 saturated carbocycles. The van der Waals surface area contributed by atoms with E-state index < -0.39 is 15.9 Å². The molecule has 1 fully saturated rings. The molecule has 0 aliphatic carbocycles. The summed E-state index contributed by atoms with van der Waals surface area (Å²) >= 11 is 0. The van der Waals surface area contributed by atoms with Crippen molar-refractivity contribution in [1.82, 2.24) is 4.31 Å². The fourth-order valence-corrected chi connectivity index (χ4v) is 5.58. The van der Waals surface area contributed by atoms with Gasteiger partial charge in [-0.1, -0.05) is 12.5 Å². The van der Waals surface area contributed by atoms with Crippen molar-refractivity contribution in [3.05, 3.63) is 53.6 Å². The predicted molar refractivity (Wildman–Crippen MR) is 116 cm³/mol. The number of piperidine rings is 1. The number of rotatable bonds is 6. The van der Waals surface area contributed by atoms with Gasteiger partial charge in [0.1, 0.15) is 5.75 Å². The van der Waals surface area contributed by atoms with E-state index in [2.05, 4.69) is 0 Å². The second kappa shape index (κ2) is 8.68. The molecule has 2 amide bonds. The molecule has 31 heavy (non-hydrogen) atoms. The van der Waals surface area contributed by atoms with E-state index in [-0.39, 0.29) is 17.4 Å². The molecule has 0 atom stereocenters. The highest BCUT2D eigenvalue weighted by molar-refractivity contribution is 7.89. The van der Waals surface area contributed by atoms with E-state index in [0.717, 1.165) is 24.8 Å². The van der Waals surface area contributed by atoms with Gasteiger partial charge in [0.2, 0.25) is 15.9 Å². The maximum atomic E-state index is 12.9. The highest BCUT2D eigenvalue weighted by atomic mass is 32.2. The van der Waals surface area contributed by atoms with Crippen LogP contribution >= 0.6 is 0 Å². The number of ether oxygens (including phenoxy) is 1. The molecule has 2 aliphatic rings. The van der Waals surface area contributed by atoms with Crippen LogP contribution in [0.2, 0.25) is 0 Å². The summed E-state index contributed by atoms with van der Waals surface area (Å²) in [5, 5.41) is 0. The molecule has 1 saturated heterocycles. The molecule has 0 unspecified atom stereocenters. The van der Waals surface area contributed by atoms with E-state index in [9.17, 15) is 18.0 Å². The largest absolute Gasteiger partial charge is 0.484 e. The van der Waals surface area contributed by atoms with Gasteiger partial charge >= 0.3 is 0 Å². The molecule has 2 aliphatic heterocycles. The normalized spacial score (nSPS) is 16.7. The Bertz CT molecular complexity index is 1110. The van der Waals surface area contributed by atoms with Crippen molar-refractivity contribution < 1.29 is 22.7 Å². The lowest BCUT2D eigenvalue weighted by molar-refractivity contribution is -0.120. The van der Waals surface area contributed by atoms with Crippen molar-refractivity contribution in [3.63, 3.8) is 0 Å². The van der Waals surface area contributed by atoms with Crippen molar-refractivity contribution in [3.8, 4) is 5.75 Å². The standard InChI is InChI=1S/C22H25N3O5S/c23-22(27)17-5-4-6-18(13-17)30-15-21(26)25-12-9-16-14-19(7-8-20(16)25)31(28,29)24-10-2-1-3-11-24/h4-8,13-14H,1-3,9-12,15H2,(H2,23,27). The minimum Gasteiger partial charge on any atom is -0.484 e. The number of amides is 2. The van der Waals surface area contributed by atoms with Gasteiger partial charge in [-0.15, -0.1) is 0 Å². The first kappa shape index (κ1) is 21.3. The molecule has 2 aromatic rings. The SMILES string of the molecule is NC(=O)c1cccc(OCC(=O)N2CCc3cc(S(=O)(=O)N4CCCCC4)ccc32)c1. The summed E-state index contributed by atoms with van der Waals surface area (Å²) in [6.07, 6.45) is 3.41. The number of sulfonamides is 1. The van der Waals surface area contributed by atoms with Gasteiger partial charge in [0.05, 0.1) is 4.90 Å². The lowest BCUT2D eigenvalue weighted by atomic mass is 10.2. The number of benzene rings is 2. The fourth-order valence-electron chi connectivity index (χ4n) is 4.01. The second-order valence-electron chi connectivity index (χ2n) is 7.73. The number of fused-ring (bicyclic) bond motifs is 1. The Balaban J connectivity index is 1.45. The first-order valence-corrected chi connectivity index (χ1v) is 11.8. The monoisotopic (exact) mass is 443 g/mol. The minimum atomic E-state index is -3.51. The molecule has 4 rings (SSSR count). The van der Waals surface area contributed by atoms with Crippen LogP contribution in [0.5, 0.6) is 5.75 Å². The Hall–Kier alpha value is -2.91. The average Bonchev–Trinajstić information content (AvgIpc) is 3.21. The summed E-state index contributed by atoms with van der Waals surface area (Å²) in [6.45, 7) is 1.37. The number of carbonyl (C=O) groups is 2. The zero-order valence-electron chi connectivity index (χ0n) is 17.1. The molecular weight excluding hydrogens is 418 g/mol. The molecule has 2 N–H and O–H groups in total. The van der Waals surface area contributed by atoms with E-state index >= 15 is 0 Å². The van der Waals surface area contributed by atoms with Crippen LogP contribution in [0.1, 0.15) is 35.2 Å². The van der Waals surface area contributed by atoms with Crippen molar-refractivity contribution in [1.29, 1.82) is 0 Å². The Labute approximate surface area is 181 Å². The Kier molecular flexibility index (Phi) is 5.97. The number of nitrogens with two attached hydrogens (primary N) is 1. The number of hydrogen-bond acceptors (Lipinski definition) is 5. The maximum Gasteiger partial charge on any atom is 0.264 e. The molecule has 0 aromatic heterocycles. The number of hydrogen-bond donors (Lipinski definition) is 1. The van der Waals surface area contributed by atoms with Crippen LogP contribution in [0.15, 0.2) is 47.4 Å². The molecule has 9 heteroatoms. The summed E-state index contributed by atoms with van der Waals surface area (Å²) in [5.41, 5.74) is 7.11. The number of carbonyl (C=O) groups excluding carboxylic acids is 2. The van der Waals surface area contributed by atoms with Crippen LogP contribution in [-0.2, 0) is 21.2 Å². The van der Waals surface area contributed by atoms with Gasteiger partial charge < -0.3 is 15.4 Å². The molecule has 0 spiro atoms. The van der Waals surface area contributed by atoms with E-state index in [1.807, 2.05) is 0 Å². The van der Waals surface area contributed by atoms with Crippen LogP contribution in [0.3, 0.4) is 0 Å². The summed E-state index contributed by atoms with van der Waals surface area (Å²) in [5.74, 6) is -0.428. The fraction of sp³-hybridized carbons (Fsp3) is 0.364. The van der Waals surface area contributed by atoms with E-state index in [1.165, 1.54) is 6.07 Å². The molecule has 2 heterocycles. The topological polar surface area (TPSA) is 110 Å². The molecule has 0 radical (unpaired) electrons. The zero-order chi connectivity index (χ0) is 22.0. The van der Waals surface area contributed by atoms with E-state index in [1.54, 1.807) is 45.6 Å². The van der Waals surface area contributed by atoms with Gasteiger partial charge in [0.15, 0.2) is 6.61 Å². The highest BCUT2D eigenvalue weighted by Gasteiger charge is 2.30. The van der Waals surface area contributed by atoms with Crippen LogP contribution in [0.4, 0.5) is 5.69 Å². The third kappa shape index (κ3) is 4.42. The summed E-state index contributed by atoms with van der Waals surface area (Å²) in [6, 6.07) is 11.3. The molecule has 2 aromatic carbocycles. The first-order chi connectivity index (χ1) is 14.9. The van der Waals surface area contributed by atoms with Crippen LogP contribution in [0.25, 0.3) is 0 Å². The van der Waals surface area contributed by atoms with Crippen LogP contribution in [0, 0.1) is 0 Å². The van der Waals surface area contributed by atoms with Gasteiger partial charge in [0, 0.05) is 30.9 Å². The third-order valence-electron chi connectivity index (χ3n) is 5.68. The minimum absolute atomic E-state index is 0.199. The Morgan fingerprint density at radius 2 is 1.77 bits per heavy atom. The quantitative estimate of drug-likeness (QED) is 0.734. The van der Waals surface area contributed by atoms with Crippen molar-refractivity contribution in [2.24, 2.45) is 5.73 Å². The van der Waals surface area contributed by atoms with Crippen LogP contribution < -0.4 is 15.4 Å². The highest BCUT2D eigenvalue weighted by Crippen LogP contribution is 2.32. The van der Waals surface area contributed by atoms with Crippen molar-refractivity contribution >= 4 is 27.5 Å². The first-order valence-electron chi connectivity index (χ1n) is 10.3. The third-order valence-corrected chi connectivity index (χ3v) is 7.58. The number of nitrogens with zero attached hydrogens (tertiary/aromatic N) is 2. The number of primary amides is 1. The van der Waals surface area contributed by atoms with Gasteiger partial charge in [-0.05, 0) is 61.2 Å². The predicted octanol–water partition coefficient (Wildman–Crippen LogP) is 1.93. The van der Waals surface area contributed by atoms with Gasteiger partial charge in [-0.2, -0.15) is 4.31 Å². The second-order valence-corrected chi connectivity index (χ2v) is 9.67. The summed E-state index contributed by atoms with van der Waals surface area (Å²) in [4.78, 5) is 25.9. The van der Waals surface area contributed by atoms with Crippen LogP contribution in [-0.4, -0.2) is 50.8 Å². The molecule has 8 nitrogen and oxygen atoms in total. The average molecular weight is 444 g/mol. The lowest BCUT2D eigenvalue weighted by Gasteiger charge is -2.26. The van der Waals surface area contributed by atoms with Crippen molar-refractivity contribution in [2.75, 3.05) is 31.1 Å². The molecular formula is C22H25N3O5S. The summed E-state index contributed by atoms with van der Waals surface area (Å²) < 4.78 is 32.9. The summed E-state index contributed by atoms with van der Waals surface area (Å²) in [7, 11) is -3.51. The van der Waals surface area contributed by atoms with Gasteiger partial charge in [-0.3, -0.25) is 9.59 Å². The van der Waals surface area contributed by atoms with E-state index in [0.29, 0.717) is 43.1 Å². The smallest absolute Gasteiger partial charge is 0.264 e.